The predicted molar refractivity (Wildman–Crippen MR) is 325 cm³/mol. The zero-order chi connectivity index (χ0) is 63.8. The number of fused-ring (bicyclic) bond motifs is 3. The zero-order valence-electron chi connectivity index (χ0n) is 50.7. The number of nitrogens with two attached hydrogens (primary N) is 1. The highest BCUT2D eigenvalue weighted by Gasteiger charge is 2.48. The van der Waals surface area contributed by atoms with Crippen LogP contribution in [0, 0.1) is 38.2 Å². The number of ether oxygens (including phenoxy) is 5. The number of carbonyl (C=O) groups excluding carboxylic acids is 4. The van der Waals surface area contributed by atoms with E-state index in [-0.39, 0.29) is 67.8 Å². The minimum absolute atomic E-state index is 0.0474. The van der Waals surface area contributed by atoms with Crippen molar-refractivity contribution in [1.82, 2.24) is 10.6 Å². The molecule has 3 atom stereocenters. The van der Waals surface area contributed by atoms with Crippen molar-refractivity contribution in [2.75, 3.05) is 13.2 Å². The standard InChI is InChI=1S/C24H26FNO4.C22H22FNO4.C12H14FNO2.C12H14O3/c1-3-29-23(28)24(13-16-10-11-18(25)12-17(16)14-24)26-22(27)20-9-4-6-15(2)21(20)30-19-7-5-8-19;1-13-4-2-7-18(19(13)28-17-5-3-6-17)20(25)24-22(21(26)27)11-14-8-9-16(23)10-15(14)12-22;1-2-16-11(15)12(14)6-8-3-4-10(13)5-9(8)7-12;1-8-4-2-7-10(12(13)14)11(8)15-9-5-3-6-9/h4,6,9-12,19H,3,5,7-8,13-14H2,1-2H3,(H,26,27);2,4,7-10,17H,3,5-6,11-12H2,1H3,(H,24,25)(H,26,27);3-5H,2,6-7,14H2,1H3;2,4,7,9H,3,5-6H2,1H3,(H,13,14). The molecule has 0 aromatic heterocycles. The number of rotatable bonds is 16. The van der Waals surface area contributed by atoms with Crippen LogP contribution in [-0.4, -0.2) is 94.0 Å². The number of esters is 2. The lowest BCUT2D eigenvalue weighted by Crippen LogP contribution is -2.56. The Morgan fingerprint density at radius 3 is 1.20 bits per heavy atom. The molecule has 6 aliphatic rings. The van der Waals surface area contributed by atoms with Crippen LogP contribution in [0.2, 0.25) is 0 Å². The Bertz CT molecular complexity index is 3660. The Labute approximate surface area is 515 Å². The van der Waals surface area contributed by atoms with Crippen LogP contribution in [0.5, 0.6) is 17.2 Å². The summed E-state index contributed by atoms with van der Waals surface area (Å²) in [6, 6.07) is 29.1. The van der Waals surface area contributed by atoms with Crippen LogP contribution in [0.4, 0.5) is 13.2 Å². The molecule has 0 bridgehead atoms. The van der Waals surface area contributed by atoms with E-state index in [0.717, 1.165) is 90.3 Å². The van der Waals surface area contributed by atoms with E-state index < -0.39 is 58.1 Å². The van der Waals surface area contributed by atoms with Gasteiger partial charge in [0, 0.05) is 38.5 Å². The van der Waals surface area contributed by atoms with Gasteiger partial charge in [0.2, 0.25) is 0 Å². The van der Waals surface area contributed by atoms with Crippen molar-refractivity contribution in [2.45, 2.75) is 166 Å². The minimum atomic E-state index is -1.50. The number of halogens is 3. The second kappa shape index (κ2) is 27.8. The van der Waals surface area contributed by atoms with Gasteiger partial charge >= 0.3 is 23.9 Å². The molecule has 3 unspecified atom stereocenters. The Morgan fingerprint density at radius 1 is 0.472 bits per heavy atom. The van der Waals surface area contributed by atoms with E-state index in [0.29, 0.717) is 59.0 Å². The summed E-state index contributed by atoms with van der Waals surface area (Å²) in [7, 11) is 0. The van der Waals surface area contributed by atoms with E-state index in [1.165, 1.54) is 42.8 Å². The second-order valence-corrected chi connectivity index (χ2v) is 23.9. The first kappa shape index (κ1) is 64.8. The number of carboxylic acids is 2. The molecular weight excluding hydrogens is 1150 g/mol. The van der Waals surface area contributed by atoms with Gasteiger partial charge in [0.05, 0.1) is 42.7 Å². The van der Waals surface area contributed by atoms with Gasteiger partial charge < -0.3 is 50.3 Å². The van der Waals surface area contributed by atoms with Gasteiger partial charge in [-0.2, -0.15) is 0 Å². The molecule has 12 rings (SSSR count). The molecule has 16 nitrogen and oxygen atoms in total. The summed E-state index contributed by atoms with van der Waals surface area (Å²) in [4.78, 5) is 74.0. The van der Waals surface area contributed by atoms with Crippen LogP contribution in [0.1, 0.15) is 153 Å². The summed E-state index contributed by atoms with van der Waals surface area (Å²) >= 11 is 0. The Morgan fingerprint density at radius 2 is 0.809 bits per heavy atom. The Hall–Kier alpha value is -8.71. The molecule has 19 heteroatoms. The highest BCUT2D eigenvalue weighted by Crippen LogP contribution is 2.38. The molecule has 3 saturated carbocycles. The number of carbonyl (C=O) groups is 6. The summed E-state index contributed by atoms with van der Waals surface area (Å²) in [5.74, 6) is -3.34. The first-order valence-corrected chi connectivity index (χ1v) is 30.4. The Balaban J connectivity index is 0.000000147. The third-order valence-electron chi connectivity index (χ3n) is 17.3. The van der Waals surface area contributed by atoms with Crippen LogP contribution < -0.4 is 30.6 Å². The molecule has 0 aliphatic heterocycles. The molecule has 0 saturated heterocycles. The molecule has 0 heterocycles. The Kier molecular flexibility index (Phi) is 20.2. The minimum Gasteiger partial charge on any atom is -0.489 e. The molecule has 6 aliphatic carbocycles. The van der Waals surface area contributed by atoms with E-state index in [1.54, 1.807) is 68.4 Å². The summed E-state index contributed by atoms with van der Waals surface area (Å²) < 4.78 is 68.3. The highest BCUT2D eigenvalue weighted by molar-refractivity contribution is 6.02. The highest BCUT2D eigenvalue weighted by atomic mass is 19.1. The van der Waals surface area contributed by atoms with Crippen molar-refractivity contribution >= 4 is 35.7 Å². The van der Waals surface area contributed by atoms with Crippen molar-refractivity contribution < 1.29 is 75.8 Å². The number of nitrogens with one attached hydrogen (secondary N) is 2. The van der Waals surface area contributed by atoms with Crippen molar-refractivity contribution in [3.05, 3.63) is 193 Å². The topological polar surface area (TPSA) is 239 Å². The number of hydrogen-bond donors (Lipinski definition) is 5. The molecule has 6 aromatic rings. The number of aliphatic carboxylic acids is 1. The number of aryl methyl sites for hydroxylation is 3. The molecule has 2 amide bonds. The van der Waals surface area contributed by atoms with Gasteiger partial charge in [-0.3, -0.25) is 14.4 Å². The first-order chi connectivity index (χ1) is 42.5. The van der Waals surface area contributed by atoms with Gasteiger partial charge in [-0.25, -0.2) is 27.6 Å². The number of carboxylic acid groups (broad SMARTS) is 2. The summed E-state index contributed by atoms with van der Waals surface area (Å²) in [5, 5.41) is 24.5. The molecule has 0 spiro atoms. The number of aromatic carboxylic acids is 1. The zero-order valence-corrected chi connectivity index (χ0v) is 50.7. The van der Waals surface area contributed by atoms with E-state index >= 15 is 0 Å². The lowest BCUT2D eigenvalue weighted by atomic mass is 9.94. The predicted octanol–water partition coefficient (Wildman–Crippen LogP) is 11.1. The molecule has 470 valence electrons. The lowest BCUT2D eigenvalue weighted by Gasteiger charge is -2.30. The quantitative estimate of drug-likeness (QED) is 0.0567. The van der Waals surface area contributed by atoms with Crippen LogP contribution in [-0.2, 0) is 62.4 Å². The lowest BCUT2D eigenvalue weighted by molar-refractivity contribution is -0.150. The van der Waals surface area contributed by atoms with Crippen molar-refractivity contribution in [2.24, 2.45) is 5.73 Å². The van der Waals surface area contributed by atoms with E-state index in [2.05, 4.69) is 10.6 Å². The fourth-order valence-corrected chi connectivity index (χ4v) is 11.7. The van der Waals surface area contributed by atoms with E-state index in [9.17, 15) is 47.0 Å². The van der Waals surface area contributed by atoms with Gasteiger partial charge in [-0.15, -0.1) is 0 Å². The van der Waals surface area contributed by atoms with Crippen LogP contribution >= 0.6 is 0 Å². The third-order valence-corrected chi connectivity index (χ3v) is 17.3. The summed E-state index contributed by atoms with van der Waals surface area (Å²) in [6.07, 6.45) is 11.2. The first-order valence-electron chi connectivity index (χ1n) is 30.4. The fourth-order valence-electron chi connectivity index (χ4n) is 11.7. The van der Waals surface area contributed by atoms with Gasteiger partial charge in [0.1, 0.15) is 56.9 Å². The van der Waals surface area contributed by atoms with E-state index in [1.807, 2.05) is 39.0 Å². The van der Waals surface area contributed by atoms with Crippen LogP contribution in [0.3, 0.4) is 0 Å². The second-order valence-electron chi connectivity index (χ2n) is 23.9. The smallest absolute Gasteiger partial charge is 0.339 e. The normalized spacial score (nSPS) is 20.2. The van der Waals surface area contributed by atoms with Gasteiger partial charge in [0.15, 0.2) is 0 Å². The average Bonchev–Trinajstić information content (AvgIpc) is 1.82. The van der Waals surface area contributed by atoms with E-state index in [4.69, 9.17) is 34.5 Å². The van der Waals surface area contributed by atoms with Gasteiger partial charge in [-0.1, -0.05) is 54.6 Å². The van der Waals surface area contributed by atoms with Gasteiger partial charge in [-0.05, 0) is 197 Å². The van der Waals surface area contributed by atoms with Crippen molar-refractivity contribution in [3.63, 3.8) is 0 Å². The monoisotopic (exact) mass is 1220 g/mol. The maximum atomic E-state index is 13.7. The van der Waals surface area contributed by atoms with Crippen LogP contribution in [0.25, 0.3) is 0 Å². The average molecular weight is 1220 g/mol. The number of hydrogen-bond acceptors (Lipinski definition) is 12. The van der Waals surface area contributed by atoms with Gasteiger partial charge in [0.25, 0.3) is 11.8 Å². The maximum Gasteiger partial charge on any atom is 0.339 e. The SMILES string of the molecule is CCOC(=O)C1(N)Cc2ccc(F)cc2C1.CCOC(=O)C1(NC(=O)c2cccc(C)c2OC2CCC2)Cc2ccc(F)cc2C1.Cc1cccc(C(=O)NC2(C(=O)O)Cc3ccc(F)cc3C2)c1OC1CCC1.Cc1cccc(C(=O)O)c1OC1CCC1. The fraction of sp³-hybridized carbons (Fsp3) is 0.400. The molecule has 89 heavy (non-hydrogen) atoms. The third kappa shape index (κ3) is 14.9. The van der Waals surface area contributed by atoms with Crippen molar-refractivity contribution in [3.8, 4) is 17.2 Å². The van der Waals surface area contributed by atoms with Crippen LogP contribution in [0.15, 0.2) is 109 Å². The number of para-hydroxylation sites is 3. The summed E-state index contributed by atoms with van der Waals surface area (Å²) in [5.41, 5.74) is 10.4. The largest absolute Gasteiger partial charge is 0.489 e. The summed E-state index contributed by atoms with van der Waals surface area (Å²) in [6.45, 7) is 9.61. The number of benzene rings is 6. The van der Waals surface area contributed by atoms with Crippen molar-refractivity contribution in [1.29, 1.82) is 0 Å². The molecular formula is C70H76F3N3O13. The number of amides is 2. The molecule has 3 fully saturated rings. The molecule has 6 aromatic carbocycles. The maximum absolute atomic E-state index is 13.7. The molecule has 6 N–H and O–H groups in total. The molecule has 0 radical (unpaired) electrons.